The molecular weight excluding hydrogens is 400 g/mol. The zero-order chi connectivity index (χ0) is 23.4. The molecule has 31 heavy (non-hydrogen) atoms. The lowest BCUT2D eigenvalue weighted by Gasteiger charge is -2.42. The number of ether oxygens (including phenoxy) is 4. The van der Waals surface area contributed by atoms with E-state index in [9.17, 15) is 14.7 Å². The van der Waals surface area contributed by atoms with Crippen molar-refractivity contribution in [3.63, 3.8) is 0 Å². The number of carboxylic acids is 1. The van der Waals surface area contributed by atoms with Gasteiger partial charge in [0.2, 0.25) is 0 Å². The first-order valence-corrected chi connectivity index (χ1v) is 10.7. The van der Waals surface area contributed by atoms with E-state index in [1.54, 1.807) is 13.2 Å². The Morgan fingerprint density at radius 3 is 2.45 bits per heavy atom. The average molecular weight is 439 g/mol. The highest BCUT2D eigenvalue weighted by molar-refractivity contribution is 5.88. The van der Waals surface area contributed by atoms with Crippen LogP contribution < -0.4 is 0 Å². The Labute approximate surface area is 186 Å². The molecule has 1 aliphatic rings. The van der Waals surface area contributed by atoms with Crippen molar-refractivity contribution in [2.75, 3.05) is 27.8 Å². The van der Waals surface area contributed by atoms with Gasteiger partial charge in [-0.2, -0.15) is 0 Å². The van der Waals surface area contributed by atoms with Crippen LogP contribution in [-0.4, -0.2) is 51.0 Å². The topological polar surface area (TPSA) is 91.3 Å². The monoisotopic (exact) mass is 438 g/mol. The Morgan fingerprint density at radius 1 is 1.16 bits per heavy atom. The van der Waals surface area contributed by atoms with E-state index < -0.39 is 17.4 Å². The minimum atomic E-state index is -0.886. The summed E-state index contributed by atoms with van der Waals surface area (Å²) in [7, 11) is 3.02. The molecule has 7 nitrogen and oxygen atoms in total. The smallest absolute Gasteiger partial charge is 0.332 e. The van der Waals surface area contributed by atoms with Crippen LogP contribution in [0, 0.1) is 11.3 Å². The van der Waals surface area contributed by atoms with Gasteiger partial charge in [0, 0.05) is 31.3 Å². The third-order valence-corrected chi connectivity index (χ3v) is 6.03. The quantitative estimate of drug-likeness (QED) is 0.194. The van der Waals surface area contributed by atoms with Crippen LogP contribution in [-0.2, 0) is 28.5 Å². The van der Waals surface area contributed by atoms with Crippen LogP contribution in [0.1, 0.15) is 59.8 Å². The van der Waals surface area contributed by atoms with Crippen LogP contribution in [0.3, 0.4) is 0 Å². The van der Waals surface area contributed by atoms with E-state index in [0.29, 0.717) is 5.57 Å². The minimum Gasteiger partial charge on any atom is -0.478 e. The Bertz CT molecular complexity index is 692. The predicted molar refractivity (Wildman–Crippen MR) is 118 cm³/mol. The Balaban J connectivity index is 2.69. The van der Waals surface area contributed by atoms with Gasteiger partial charge in [-0.3, -0.25) is 0 Å². The summed E-state index contributed by atoms with van der Waals surface area (Å²) in [6.07, 6.45) is 9.05. The van der Waals surface area contributed by atoms with E-state index in [4.69, 9.17) is 18.9 Å². The van der Waals surface area contributed by atoms with Gasteiger partial charge >= 0.3 is 11.9 Å². The van der Waals surface area contributed by atoms with Crippen molar-refractivity contribution >= 4 is 11.9 Å². The van der Waals surface area contributed by atoms with E-state index in [1.165, 1.54) is 18.8 Å². The van der Waals surface area contributed by atoms with Gasteiger partial charge in [-0.15, -0.1) is 0 Å². The summed E-state index contributed by atoms with van der Waals surface area (Å²) in [4.78, 5) is 23.5. The first kappa shape index (κ1) is 27.1. The van der Waals surface area contributed by atoms with Crippen LogP contribution >= 0.6 is 0 Å². The summed E-state index contributed by atoms with van der Waals surface area (Å²) in [5.41, 5.74) is 2.16. The van der Waals surface area contributed by atoms with Gasteiger partial charge in [0.1, 0.15) is 6.79 Å². The van der Waals surface area contributed by atoms with Crippen molar-refractivity contribution in [2.45, 2.75) is 65.9 Å². The van der Waals surface area contributed by atoms with Crippen molar-refractivity contribution in [1.82, 2.24) is 0 Å². The maximum absolute atomic E-state index is 12.0. The zero-order valence-electron chi connectivity index (χ0n) is 19.7. The first-order valence-electron chi connectivity index (χ1n) is 10.7. The fraction of sp³-hybridized carbons (Fsp3) is 0.667. The molecule has 7 heteroatoms. The third kappa shape index (κ3) is 8.97. The number of rotatable bonds is 13. The van der Waals surface area contributed by atoms with Crippen molar-refractivity contribution in [3.05, 3.63) is 34.9 Å². The van der Waals surface area contributed by atoms with Gasteiger partial charge in [0.25, 0.3) is 0 Å². The van der Waals surface area contributed by atoms with Crippen LogP contribution in [0.25, 0.3) is 0 Å². The highest BCUT2D eigenvalue weighted by Gasteiger charge is 2.42. The molecule has 0 saturated carbocycles. The van der Waals surface area contributed by atoms with Crippen molar-refractivity contribution < 1.29 is 33.6 Å². The molecule has 1 aliphatic carbocycles. The van der Waals surface area contributed by atoms with Crippen LogP contribution in [0.4, 0.5) is 0 Å². The maximum Gasteiger partial charge on any atom is 0.332 e. The molecule has 1 N–H and O–H groups in total. The van der Waals surface area contributed by atoms with E-state index in [0.717, 1.165) is 37.7 Å². The standard InChI is InChI=1S/C24H38O7/c1-17(8-7-9-18(2)12-22(25)31-16-29-6)10-11-24(4)19(3)13-20(30-15-28-5)14-21(24)23(26)27/h8,12,14,19-20H,7,9-11,13,15-16H2,1-6H3,(H,26,27)/b17-8+,18-12+/t19-,20+,24-/m1/s1. The summed E-state index contributed by atoms with van der Waals surface area (Å²) in [5.74, 6) is -1.12. The molecule has 0 saturated heterocycles. The number of hydrogen-bond acceptors (Lipinski definition) is 6. The number of aliphatic carboxylic acids is 1. The summed E-state index contributed by atoms with van der Waals surface area (Å²) >= 11 is 0. The summed E-state index contributed by atoms with van der Waals surface area (Å²) < 4.78 is 20.1. The molecule has 0 aliphatic heterocycles. The molecule has 0 heterocycles. The number of carbonyl (C=O) groups excluding carboxylic acids is 1. The molecule has 0 bridgehead atoms. The van der Waals surface area contributed by atoms with E-state index in [1.807, 2.05) is 13.8 Å². The molecule has 0 aromatic heterocycles. The zero-order valence-corrected chi connectivity index (χ0v) is 19.7. The fourth-order valence-corrected chi connectivity index (χ4v) is 3.82. The molecule has 1 rings (SSSR count). The summed E-state index contributed by atoms with van der Waals surface area (Å²) in [5, 5.41) is 9.81. The largest absolute Gasteiger partial charge is 0.478 e. The van der Waals surface area contributed by atoms with Gasteiger partial charge in [-0.05, 0) is 57.9 Å². The average Bonchev–Trinajstić information content (AvgIpc) is 2.71. The Kier molecular flexibility index (Phi) is 11.7. The first-order chi connectivity index (χ1) is 14.6. The van der Waals surface area contributed by atoms with Crippen LogP contribution in [0.15, 0.2) is 34.9 Å². The van der Waals surface area contributed by atoms with Crippen molar-refractivity contribution in [2.24, 2.45) is 11.3 Å². The predicted octanol–water partition coefficient (Wildman–Crippen LogP) is 4.63. The third-order valence-electron chi connectivity index (χ3n) is 6.03. The minimum absolute atomic E-state index is 0.0507. The highest BCUT2D eigenvalue weighted by Crippen LogP contribution is 2.46. The molecule has 0 unspecified atom stereocenters. The maximum atomic E-state index is 12.0. The van der Waals surface area contributed by atoms with Gasteiger partial charge < -0.3 is 24.1 Å². The van der Waals surface area contributed by atoms with Crippen molar-refractivity contribution in [1.29, 1.82) is 0 Å². The second-order valence-electron chi connectivity index (χ2n) is 8.50. The molecule has 0 aromatic rings. The Morgan fingerprint density at radius 2 is 1.84 bits per heavy atom. The molecule has 0 amide bonds. The van der Waals surface area contributed by atoms with Gasteiger partial charge in [0.05, 0.1) is 6.10 Å². The van der Waals surface area contributed by atoms with E-state index in [2.05, 4.69) is 19.9 Å². The number of esters is 1. The number of hydrogen-bond donors (Lipinski definition) is 1. The molecule has 176 valence electrons. The lowest BCUT2D eigenvalue weighted by molar-refractivity contribution is -0.148. The normalized spacial score (nSPS) is 24.6. The lowest BCUT2D eigenvalue weighted by Crippen LogP contribution is -2.39. The number of allylic oxidation sites excluding steroid dienone is 3. The second kappa shape index (κ2) is 13.5. The lowest BCUT2D eigenvalue weighted by atomic mass is 9.63. The van der Waals surface area contributed by atoms with E-state index in [-0.39, 0.29) is 25.6 Å². The van der Waals surface area contributed by atoms with Gasteiger partial charge in [0.15, 0.2) is 6.79 Å². The second-order valence-corrected chi connectivity index (χ2v) is 8.50. The van der Waals surface area contributed by atoms with Gasteiger partial charge in [-0.25, -0.2) is 9.59 Å². The molecule has 0 radical (unpaired) electrons. The van der Waals surface area contributed by atoms with E-state index >= 15 is 0 Å². The molecule has 0 fully saturated rings. The molecule has 3 atom stereocenters. The number of carbonyl (C=O) groups is 2. The van der Waals surface area contributed by atoms with Gasteiger partial charge in [-0.1, -0.05) is 31.1 Å². The molecular formula is C24H38O7. The summed E-state index contributed by atoms with van der Waals surface area (Å²) in [6.45, 7) is 8.19. The SMILES string of the molecule is COCOC(=O)/C=C(\C)CC/C=C(\C)CC[C@@]1(C)C(C(=O)O)=C[C@@H](OCOC)C[C@H]1C. The Hall–Kier alpha value is -1.96. The fourth-order valence-electron chi connectivity index (χ4n) is 3.82. The molecule has 0 aromatic carbocycles. The highest BCUT2D eigenvalue weighted by atomic mass is 16.7. The van der Waals surface area contributed by atoms with Crippen LogP contribution in [0.2, 0.25) is 0 Å². The summed E-state index contributed by atoms with van der Waals surface area (Å²) in [6, 6.07) is 0. The molecule has 0 spiro atoms. The van der Waals surface area contributed by atoms with Crippen LogP contribution in [0.5, 0.6) is 0 Å². The number of carboxylic acid groups (broad SMARTS) is 1. The van der Waals surface area contributed by atoms with Crippen molar-refractivity contribution in [3.8, 4) is 0 Å². The number of methoxy groups -OCH3 is 2.